The van der Waals surface area contributed by atoms with Crippen LogP contribution in [0.2, 0.25) is 0 Å². The fourth-order valence-corrected chi connectivity index (χ4v) is 3.32. The number of amides is 2. The fourth-order valence-electron chi connectivity index (χ4n) is 3.32. The number of nitrogens with one attached hydrogen (secondary N) is 1. The quantitative estimate of drug-likeness (QED) is 0.462. The number of unbranched alkanes of at least 4 members (excludes halogenated alkanes) is 1. The lowest BCUT2D eigenvalue weighted by atomic mass is 10.0. The number of carbonyl (C=O) groups is 2. The first-order chi connectivity index (χ1) is 14.5. The van der Waals surface area contributed by atoms with Gasteiger partial charge in [-0.3, -0.25) is 14.5 Å². The van der Waals surface area contributed by atoms with Gasteiger partial charge in [-0.2, -0.15) is 0 Å². The highest BCUT2D eigenvalue weighted by molar-refractivity contribution is 6.36. The van der Waals surface area contributed by atoms with Crippen LogP contribution in [0.1, 0.15) is 37.3 Å². The van der Waals surface area contributed by atoms with Crippen LogP contribution in [-0.2, 0) is 14.3 Å². The molecule has 3 rings (SSSR count). The van der Waals surface area contributed by atoms with Gasteiger partial charge < -0.3 is 10.1 Å². The van der Waals surface area contributed by atoms with Crippen molar-refractivity contribution in [3.8, 4) is 0 Å². The Balaban J connectivity index is 1.82. The van der Waals surface area contributed by atoms with Gasteiger partial charge in [0.2, 0.25) is 0 Å². The lowest BCUT2D eigenvalue weighted by Gasteiger charge is -2.15. The number of hydrogen-bond donors (Lipinski definition) is 1. The smallest absolute Gasteiger partial charge is 0.278 e. The van der Waals surface area contributed by atoms with Crippen LogP contribution in [0.4, 0.5) is 10.1 Å². The Labute approximate surface area is 176 Å². The molecule has 2 aromatic carbocycles. The maximum Gasteiger partial charge on any atom is 0.278 e. The van der Waals surface area contributed by atoms with E-state index in [0.29, 0.717) is 25.2 Å². The average Bonchev–Trinajstić information content (AvgIpc) is 2.95. The van der Waals surface area contributed by atoms with E-state index in [-0.39, 0.29) is 29.6 Å². The molecule has 0 unspecified atom stereocenters. The summed E-state index contributed by atoms with van der Waals surface area (Å²) in [5.41, 5.74) is 2.72. The molecule has 0 atom stereocenters. The zero-order chi connectivity index (χ0) is 21.5. The number of imide groups is 1. The van der Waals surface area contributed by atoms with E-state index in [1.807, 2.05) is 31.2 Å². The number of halogens is 1. The molecular weight excluding hydrogens is 383 g/mol. The van der Waals surface area contributed by atoms with Crippen LogP contribution in [0.5, 0.6) is 0 Å². The highest BCUT2D eigenvalue weighted by Crippen LogP contribution is 2.31. The first-order valence-electron chi connectivity index (χ1n) is 10.3. The van der Waals surface area contributed by atoms with Crippen molar-refractivity contribution in [1.29, 1.82) is 0 Å². The summed E-state index contributed by atoms with van der Waals surface area (Å²) in [5.74, 6) is -1.16. The molecular formula is C24H27FN2O3. The largest absolute Gasteiger partial charge is 0.381 e. The molecule has 0 radical (unpaired) electrons. The predicted octanol–water partition coefficient (Wildman–Crippen LogP) is 4.53. The molecule has 6 heteroatoms. The molecule has 5 nitrogen and oxygen atoms in total. The zero-order valence-electron chi connectivity index (χ0n) is 17.4. The molecule has 1 N–H and O–H groups in total. The maximum atomic E-state index is 13.4. The average molecular weight is 410 g/mol. The van der Waals surface area contributed by atoms with Gasteiger partial charge in [-0.15, -0.1) is 0 Å². The summed E-state index contributed by atoms with van der Waals surface area (Å²) in [4.78, 5) is 27.4. The highest BCUT2D eigenvalue weighted by Gasteiger charge is 2.38. The van der Waals surface area contributed by atoms with Crippen LogP contribution in [0.25, 0.3) is 5.57 Å². The van der Waals surface area contributed by atoms with E-state index in [1.54, 1.807) is 0 Å². The van der Waals surface area contributed by atoms with E-state index in [4.69, 9.17) is 4.74 Å². The Morgan fingerprint density at radius 3 is 2.43 bits per heavy atom. The minimum Gasteiger partial charge on any atom is -0.381 e. The number of anilines is 1. The van der Waals surface area contributed by atoms with Gasteiger partial charge >= 0.3 is 0 Å². The van der Waals surface area contributed by atoms with Gasteiger partial charge in [0.1, 0.15) is 11.5 Å². The zero-order valence-corrected chi connectivity index (χ0v) is 17.4. The van der Waals surface area contributed by atoms with E-state index in [1.165, 1.54) is 29.2 Å². The van der Waals surface area contributed by atoms with Crippen molar-refractivity contribution in [2.45, 2.75) is 33.1 Å². The van der Waals surface area contributed by atoms with Crippen molar-refractivity contribution in [3.05, 3.63) is 71.2 Å². The molecule has 0 fully saturated rings. The van der Waals surface area contributed by atoms with Crippen LogP contribution in [0.15, 0.2) is 54.2 Å². The summed E-state index contributed by atoms with van der Waals surface area (Å²) in [7, 11) is 0. The Bertz CT molecular complexity index is 938. The van der Waals surface area contributed by atoms with Crippen molar-refractivity contribution in [2.75, 3.05) is 25.1 Å². The van der Waals surface area contributed by atoms with Gasteiger partial charge in [-0.05, 0) is 55.2 Å². The van der Waals surface area contributed by atoms with Crippen LogP contribution in [0.3, 0.4) is 0 Å². The lowest BCUT2D eigenvalue weighted by molar-refractivity contribution is -0.137. The molecule has 0 aromatic heterocycles. The van der Waals surface area contributed by atoms with Gasteiger partial charge in [-0.1, -0.05) is 37.6 Å². The minimum atomic E-state index is -0.398. The third-order valence-corrected chi connectivity index (χ3v) is 4.90. The van der Waals surface area contributed by atoms with Crippen LogP contribution >= 0.6 is 0 Å². The van der Waals surface area contributed by atoms with Gasteiger partial charge in [-0.25, -0.2) is 4.39 Å². The van der Waals surface area contributed by atoms with E-state index < -0.39 is 5.82 Å². The third kappa shape index (κ3) is 5.13. The maximum absolute atomic E-state index is 13.4. The van der Waals surface area contributed by atoms with Crippen LogP contribution in [-0.4, -0.2) is 36.5 Å². The summed E-state index contributed by atoms with van der Waals surface area (Å²) >= 11 is 0. The number of hydrogen-bond acceptors (Lipinski definition) is 4. The van der Waals surface area contributed by atoms with E-state index >= 15 is 0 Å². The Morgan fingerprint density at radius 1 is 1.00 bits per heavy atom. The Kier molecular flexibility index (Phi) is 7.36. The molecule has 1 aliphatic rings. The number of aryl methyl sites for hydroxylation is 1. The van der Waals surface area contributed by atoms with Gasteiger partial charge in [0, 0.05) is 25.4 Å². The van der Waals surface area contributed by atoms with Crippen LogP contribution in [0, 0.1) is 12.7 Å². The van der Waals surface area contributed by atoms with E-state index in [2.05, 4.69) is 12.2 Å². The number of nitrogens with zero attached hydrogens (tertiary/aromatic N) is 1. The predicted molar refractivity (Wildman–Crippen MR) is 115 cm³/mol. The molecule has 0 saturated heterocycles. The lowest BCUT2D eigenvalue weighted by Crippen LogP contribution is -2.34. The summed E-state index contributed by atoms with van der Waals surface area (Å²) in [6, 6.07) is 13.2. The Morgan fingerprint density at radius 2 is 1.73 bits per heavy atom. The molecule has 1 aliphatic heterocycles. The number of rotatable bonds is 10. The van der Waals surface area contributed by atoms with Crippen molar-refractivity contribution in [1.82, 2.24) is 4.90 Å². The van der Waals surface area contributed by atoms with Crippen molar-refractivity contribution < 1.29 is 18.7 Å². The molecule has 158 valence electrons. The summed E-state index contributed by atoms with van der Waals surface area (Å²) < 4.78 is 18.9. The second-order valence-electron chi connectivity index (χ2n) is 7.33. The van der Waals surface area contributed by atoms with E-state index in [9.17, 15) is 14.0 Å². The van der Waals surface area contributed by atoms with Crippen molar-refractivity contribution >= 4 is 23.1 Å². The molecule has 30 heavy (non-hydrogen) atoms. The minimum absolute atomic E-state index is 0.212. The third-order valence-electron chi connectivity index (χ3n) is 4.90. The summed E-state index contributed by atoms with van der Waals surface area (Å²) in [5, 5.41) is 3.12. The molecule has 0 aliphatic carbocycles. The second-order valence-corrected chi connectivity index (χ2v) is 7.33. The number of benzene rings is 2. The number of carbonyl (C=O) groups excluding carboxylic acids is 2. The Hall–Kier alpha value is -2.99. The molecule has 0 bridgehead atoms. The highest BCUT2D eigenvalue weighted by atomic mass is 19.1. The topological polar surface area (TPSA) is 58.6 Å². The van der Waals surface area contributed by atoms with Crippen molar-refractivity contribution in [2.24, 2.45) is 0 Å². The van der Waals surface area contributed by atoms with Gasteiger partial charge in [0.25, 0.3) is 11.8 Å². The van der Waals surface area contributed by atoms with Crippen LogP contribution < -0.4 is 5.32 Å². The monoisotopic (exact) mass is 410 g/mol. The number of ether oxygens (including phenoxy) is 1. The molecule has 1 heterocycles. The van der Waals surface area contributed by atoms with Gasteiger partial charge in [0.05, 0.1) is 5.57 Å². The normalized spacial score (nSPS) is 14.0. The fraction of sp³-hybridized carbons (Fsp3) is 0.333. The molecule has 0 spiro atoms. The van der Waals surface area contributed by atoms with E-state index in [0.717, 1.165) is 24.1 Å². The second kappa shape index (κ2) is 10.2. The summed E-state index contributed by atoms with van der Waals surface area (Å²) in [6.45, 7) is 5.48. The summed E-state index contributed by atoms with van der Waals surface area (Å²) in [6.07, 6.45) is 2.61. The molecule has 2 aromatic rings. The SMILES string of the molecule is CCCCOCCCN1C(=O)C(Nc2cccc(C)c2)=C(c2ccc(F)cc2)C1=O. The molecule has 0 saturated carbocycles. The first kappa shape index (κ1) is 21.7. The first-order valence-corrected chi connectivity index (χ1v) is 10.3. The van der Waals surface area contributed by atoms with Crippen molar-refractivity contribution in [3.63, 3.8) is 0 Å². The molecule has 2 amide bonds. The van der Waals surface area contributed by atoms with Gasteiger partial charge in [0.15, 0.2) is 0 Å². The standard InChI is InChI=1S/C24H27FN2O3/c1-3-4-14-30-15-6-13-27-23(28)21(18-9-11-19(25)12-10-18)22(24(27)29)26-20-8-5-7-17(2)16-20/h5,7-12,16,26H,3-4,6,13-15H2,1-2H3.